The number of hydrogen-bond acceptors (Lipinski definition) is 10. The highest BCUT2D eigenvalue weighted by Gasteiger charge is 2.26. The summed E-state index contributed by atoms with van der Waals surface area (Å²) in [4.78, 5) is 23.0. The molecule has 1 aromatic heterocycles. The van der Waals surface area contributed by atoms with Crippen LogP contribution in [0.2, 0.25) is 0 Å². The maximum atomic E-state index is 12.6. The van der Waals surface area contributed by atoms with Crippen molar-refractivity contribution in [3.05, 3.63) is 30.1 Å². The Morgan fingerprint density at radius 1 is 1.07 bits per heavy atom. The minimum atomic E-state index is -4.51. The number of para-hydroxylation sites is 1. The van der Waals surface area contributed by atoms with Crippen LogP contribution in [0.4, 0.5) is 10.7 Å². The quantitative estimate of drug-likeness (QED) is 0.584. The molecule has 0 aliphatic carbocycles. The first-order valence-corrected chi connectivity index (χ1v) is 10.6. The summed E-state index contributed by atoms with van der Waals surface area (Å²) in [6.45, 7) is 1.52. The Morgan fingerprint density at radius 3 is 2.34 bits per heavy atom. The predicted octanol–water partition coefficient (Wildman–Crippen LogP) is -0.116. The molecule has 0 saturated carbocycles. The minimum absolute atomic E-state index is 0.0803. The lowest BCUT2D eigenvalue weighted by atomic mass is 10.3. The number of anilines is 1. The summed E-state index contributed by atoms with van der Waals surface area (Å²) in [5.74, 6) is -0.511. The summed E-state index contributed by atoms with van der Waals surface area (Å²) in [7, 11) is -5.00. The van der Waals surface area contributed by atoms with Gasteiger partial charge in [-0.1, -0.05) is 12.1 Å². The standard InChI is InChI=1S/C14H18N6O7S2/c1-9-15-12(18-14(16-9)26-4)17-13(21)19-28(22,23)11-8-6-5-7-10(11)27-29(24,25)20(2)3/h5-8H,1-4H3,(H2,15,16,17,18,19,21). The van der Waals surface area contributed by atoms with Crippen molar-refractivity contribution in [1.29, 1.82) is 0 Å². The molecule has 0 unspecified atom stereocenters. The van der Waals surface area contributed by atoms with Gasteiger partial charge in [-0.3, -0.25) is 5.32 Å². The van der Waals surface area contributed by atoms with Gasteiger partial charge in [0.25, 0.3) is 10.0 Å². The molecule has 0 aliphatic heterocycles. The zero-order chi connectivity index (χ0) is 21.8. The first-order valence-electron chi connectivity index (χ1n) is 7.76. The van der Waals surface area contributed by atoms with Gasteiger partial charge in [0.15, 0.2) is 5.75 Å². The first kappa shape index (κ1) is 22.3. The van der Waals surface area contributed by atoms with Crippen molar-refractivity contribution in [2.75, 3.05) is 26.5 Å². The smallest absolute Gasteiger partial charge is 0.384 e. The normalized spacial score (nSPS) is 11.8. The molecule has 0 fully saturated rings. The number of ether oxygens (including phenoxy) is 1. The second kappa shape index (κ2) is 8.54. The topological polar surface area (TPSA) is 170 Å². The van der Waals surface area contributed by atoms with E-state index >= 15 is 0 Å². The van der Waals surface area contributed by atoms with Crippen LogP contribution in [0.15, 0.2) is 29.2 Å². The summed E-state index contributed by atoms with van der Waals surface area (Å²) < 4.78 is 61.1. The van der Waals surface area contributed by atoms with E-state index in [2.05, 4.69) is 20.3 Å². The summed E-state index contributed by atoms with van der Waals surface area (Å²) in [5.41, 5.74) is 0. The monoisotopic (exact) mass is 446 g/mol. The number of methoxy groups -OCH3 is 1. The van der Waals surface area contributed by atoms with Crippen molar-refractivity contribution >= 4 is 32.3 Å². The number of aromatic nitrogens is 3. The van der Waals surface area contributed by atoms with Crippen LogP contribution in [-0.4, -0.2) is 63.3 Å². The van der Waals surface area contributed by atoms with Gasteiger partial charge in [0.05, 0.1) is 7.11 Å². The number of nitrogens with one attached hydrogen (secondary N) is 2. The van der Waals surface area contributed by atoms with Gasteiger partial charge < -0.3 is 8.92 Å². The fourth-order valence-corrected chi connectivity index (χ4v) is 3.45. The molecule has 0 atom stereocenters. The molecular formula is C14H18N6O7S2. The van der Waals surface area contributed by atoms with Gasteiger partial charge in [0.1, 0.15) is 10.7 Å². The molecule has 0 saturated heterocycles. The summed E-state index contributed by atoms with van der Waals surface area (Å²) in [5, 5.41) is 2.13. The molecule has 2 rings (SSSR count). The highest BCUT2D eigenvalue weighted by Crippen LogP contribution is 2.25. The zero-order valence-corrected chi connectivity index (χ0v) is 17.4. The van der Waals surface area contributed by atoms with E-state index in [4.69, 9.17) is 8.92 Å². The number of amides is 2. The molecule has 0 spiro atoms. The zero-order valence-electron chi connectivity index (χ0n) is 15.8. The van der Waals surface area contributed by atoms with E-state index in [1.807, 2.05) is 0 Å². The average molecular weight is 446 g/mol. The van der Waals surface area contributed by atoms with Gasteiger partial charge in [0.2, 0.25) is 5.95 Å². The maximum Gasteiger partial charge on any atom is 0.384 e. The van der Waals surface area contributed by atoms with Gasteiger partial charge in [-0.15, -0.1) is 0 Å². The highest BCUT2D eigenvalue weighted by molar-refractivity contribution is 7.90. The molecule has 29 heavy (non-hydrogen) atoms. The first-order chi connectivity index (χ1) is 13.4. The fraction of sp³-hybridized carbons (Fsp3) is 0.286. The summed E-state index contributed by atoms with van der Waals surface area (Å²) >= 11 is 0. The number of rotatable bonds is 7. The van der Waals surface area contributed by atoms with Gasteiger partial charge in [-0.05, 0) is 19.1 Å². The SMILES string of the molecule is COc1nc(C)nc(NC(=O)NS(=O)(=O)c2ccccc2OS(=O)(=O)N(C)C)n1. The number of sulfonamides is 1. The van der Waals surface area contributed by atoms with Crippen molar-refractivity contribution in [3.8, 4) is 11.8 Å². The van der Waals surface area contributed by atoms with Gasteiger partial charge in [-0.25, -0.2) is 17.9 Å². The van der Waals surface area contributed by atoms with Gasteiger partial charge in [0, 0.05) is 14.1 Å². The Balaban J connectivity index is 2.26. The second-order valence-corrected chi connectivity index (χ2v) is 8.93. The fourth-order valence-electron chi connectivity index (χ4n) is 1.84. The number of carbonyl (C=O) groups excluding carboxylic acids is 1. The van der Waals surface area contributed by atoms with E-state index < -0.39 is 37.0 Å². The van der Waals surface area contributed by atoms with E-state index in [0.29, 0.717) is 0 Å². The van der Waals surface area contributed by atoms with E-state index in [1.165, 1.54) is 40.3 Å². The average Bonchev–Trinajstić information content (AvgIpc) is 2.60. The molecule has 13 nitrogen and oxygen atoms in total. The van der Waals surface area contributed by atoms with E-state index in [1.54, 1.807) is 4.72 Å². The van der Waals surface area contributed by atoms with Gasteiger partial charge in [-0.2, -0.15) is 27.7 Å². The molecule has 2 aromatic rings. The third-order valence-electron chi connectivity index (χ3n) is 3.14. The Morgan fingerprint density at radius 2 is 1.72 bits per heavy atom. The highest BCUT2D eigenvalue weighted by atomic mass is 32.2. The third-order valence-corrected chi connectivity index (χ3v) is 5.80. The number of aryl methyl sites for hydroxylation is 1. The molecule has 158 valence electrons. The molecule has 2 N–H and O–H groups in total. The summed E-state index contributed by atoms with van der Waals surface area (Å²) in [6, 6.07) is 3.65. The number of hydrogen-bond donors (Lipinski definition) is 2. The molecule has 15 heteroatoms. The Hall–Kier alpha value is -3.04. The molecule has 1 heterocycles. The van der Waals surface area contributed by atoms with E-state index in [9.17, 15) is 21.6 Å². The molecule has 0 bridgehead atoms. The number of benzene rings is 1. The lowest BCUT2D eigenvalue weighted by molar-refractivity contribution is 0.256. The minimum Gasteiger partial charge on any atom is -0.467 e. The number of carbonyl (C=O) groups is 1. The summed E-state index contributed by atoms with van der Waals surface area (Å²) in [6.07, 6.45) is 0. The predicted molar refractivity (Wildman–Crippen MR) is 100 cm³/mol. The Labute approximate surface area is 167 Å². The van der Waals surface area contributed by atoms with Crippen LogP contribution >= 0.6 is 0 Å². The van der Waals surface area contributed by atoms with E-state index in [-0.39, 0.29) is 17.8 Å². The third kappa shape index (κ3) is 5.72. The molecule has 1 aromatic carbocycles. The number of nitrogens with zero attached hydrogens (tertiary/aromatic N) is 4. The van der Waals surface area contributed by atoms with Crippen molar-refractivity contribution in [2.45, 2.75) is 11.8 Å². The van der Waals surface area contributed by atoms with Crippen molar-refractivity contribution in [3.63, 3.8) is 0 Å². The molecule has 2 amide bonds. The van der Waals surface area contributed by atoms with Crippen LogP contribution in [0, 0.1) is 6.92 Å². The molecule has 0 radical (unpaired) electrons. The second-order valence-electron chi connectivity index (χ2n) is 5.52. The van der Waals surface area contributed by atoms with Gasteiger partial charge >= 0.3 is 22.3 Å². The van der Waals surface area contributed by atoms with Crippen LogP contribution in [0.1, 0.15) is 5.82 Å². The Bertz CT molecular complexity index is 1120. The van der Waals surface area contributed by atoms with Crippen molar-refractivity contribution < 1.29 is 30.6 Å². The lowest BCUT2D eigenvalue weighted by Gasteiger charge is -2.15. The lowest BCUT2D eigenvalue weighted by Crippen LogP contribution is -2.35. The van der Waals surface area contributed by atoms with Crippen molar-refractivity contribution in [2.24, 2.45) is 0 Å². The van der Waals surface area contributed by atoms with E-state index in [0.717, 1.165) is 16.4 Å². The molecule has 0 aliphatic rings. The number of urea groups is 1. The van der Waals surface area contributed by atoms with Crippen molar-refractivity contribution in [1.82, 2.24) is 24.0 Å². The maximum absolute atomic E-state index is 12.6. The Kier molecular flexibility index (Phi) is 6.55. The molecular weight excluding hydrogens is 428 g/mol. The van der Waals surface area contributed by atoms with Crippen LogP contribution in [-0.2, 0) is 20.3 Å². The largest absolute Gasteiger partial charge is 0.467 e. The van der Waals surface area contributed by atoms with Crippen LogP contribution < -0.4 is 19.0 Å². The van der Waals surface area contributed by atoms with Crippen LogP contribution in [0.25, 0.3) is 0 Å². The van der Waals surface area contributed by atoms with Crippen LogP contribution in [0.5, 0.6) is 11.8 Å². The van der Waals surface area contributed by atoms with Crippen LogP contribution in [0.3, 0.4) is 0 Å².